The molecule has 0 spiro atoms. The Kier molecular flexibility index (Phi) is 11.6. The summed E-state index contributed by atoms with van der Waals surface area (Å²) in [5, 5.41) is 2.61. The number of halogens is 1. The number of hydrogen-bond donors (Lipinski definition) is 2. The Morgan fingerprint density at radius 1 is 1.02 bits per heavy atom. The molecule has 0 radical (unpaired) electrons. The van der Waals surface area contributed by atoms with Crippen molar-refractivity contribution in [1.29, 1.82) is 0 Å². The average Bonchev–Trinajstić information content (AvgIpc) is 3.84. The van der Waals surface area contributed by atoms with E-state index in [-0.39, 0.29) is 33.5 Å². The van der Waals surface area contributed by atoms with Crippen LogP contribution < -0.4 is 16.0 Å². The number of amides is 2. The van der Waals surface area contributed by atoms with Gasteiger partial charge >= 0.3 is 6.09 Å². The highest BCUT2D eigenvalue weighted by Gasteiger charge is 2.53. The molecule has 2 amide bonds. The fraction of sp³-hybridized carbons (Fsp3) is 0.419. The molecule has 13 heteroatoms. The van der Waals surface area contributed by atoms with Crippen LogP contribution in [0.1, 0.15) is 50.4 Å². The molecule has 4 aromatic rings. The molecule has 3 heterocycles. The second-order valence-corrected chi connectivity index (χ2v) is 17.4. The van der Waals surface area contributed by atoms with Gasteiger partial charge in [-0.2, -0.15) is 0 Å². The molecule has 7 rings (SSSR count). The van der Waals surface area contributed by atoms with Crippen LogP contribution in [0.5, 0.6) is 0 Å². The summed E-state index contributed by atoms with van der Waals surface area (Å²) in [5.41, 5.74) is 7.40. The molecular weight excluding hydrogens is 732 g/mol. The van der Waals surface area contributed by atoms with Gasteiger partial charge in [-0.1, -0.05) is 31.7 Å². The average molecular weight is 783 g/mol. The lowest BCUT2D eigenvalue weighted by Gasteiger charge is -2.51. The summed E-state index contributed by atoms with van der Waals surface area (Å²) < 4.78 is 49.9. The first-order valence-electron chi connectivity index (χ1n) is 19.6. The van der Waals surface area contributed by atoms with Gasteiger partial charge in [-0.05, 0) is 117 Å². The number of primary amides is 1. The van der Waals surface area contributed by atoms with E-state index < -0.39 is 27.3 Å². The number of benzene rings is 3. The van der Waals surface area contributed by atoms with Crippen LogP contribution in [0.4, 0.5) is 20.6 Å². The number of nitrogens with two attached hydrogens (primary N) is 1. The van der Waals surface area contributed by atoms with Crippen LogP contribution in [0.3, 0.4) is 0 Å². The minimum Gasteiger partial charge on any atom is -0.446 e. The van der Waals surface area contributed by atoms with Crippen molar-refractivity contribution in [3.63, 3.8) is 0 Å². The van der Waals surface area contributed by atoms with E-state index in [4.69, 9.17) is 10.5 Å². The second-order valence-electron chi connectivity index (χ2n) is 15.5. The number of sulfone groups is 1. The lowest BCUT2D eigenvalue weighted by atomic mass is 9.58. The van der Waals surface area contributed by atoms with Crippen molar-refractivity contribution >= 4 is 33.2 Å². The topological polar surface area (TPSA) is 140 Å². The Bertz CT molecular complexity index is 2150. The Hall–Kier alpha value is -5.01. The number of rotatable bonds is 14. The molecule has 3 fully saturated rings. The van der Waals surface area contributed by atoms with Gasteiger partial charge < -0.3 is 30.2 Å². The highest BCUT2D eigenvalue weighted by molar-refractivity contribution is 7.91. The number of nitrogens with one attached hydrogen (secondary N) is 1. The molecule has 0 unspecified atom stereocenters. The van der Waals surface area contributed by atoms with E-state index in [0.717, 1.165) is 94.4 Å². The minimum absolute atomic E-state index is 0.0304. The standard InChI is InChI=1S/C43H51FN6O5S/c1-3-40-46-20-23-49(40)29-43(32-8-5-9-33(44)24-32,38-12-7-13-39(38)55-42(45)52)31-18-21-48(22-19-31)26-30-27-50(28-30)35-14-16-36(17-15-35)56(53,54)37-11-6-10-34(25-37)47-41(51)4-2/h4-6,8-11,14-17,20,23-25,30-31,38-39H,2-3,7,12-13,18-19,21-22,26-29H2,1H3,(H2,45,52)(H,47,51)/t38-,39-,43-/m0/s1. The number of likely N-dealkylation sites (tertiary alicyclic amines) is 1. The Morgan fingerprint density at radius 3 is 2.46 bits per heavy atom. The van der Waals surface area contributed by atoms with Crippen molar-refractivity contribution in [2.24, 2.45) is 23.5 Å². The molecule has 3 aromatic carbocycles. The van der Waals surface area contributed by atoms with Crippen LogP contribution in [0.15, 0.2) is 108 Å². The fourth-order valence-electron chi connectivity index (χ4n) is 9.55. The van der Waals surface area contributed by atoms with Gasteiger partial charge in [0.1, 0.15) is 17.7 Å². The minimum atomic E-state index is -3.79. The number of carbonyl (C=O) groups excluding carboxylic acids is 2. The molecule has 3 N–H and O–H groups in total. The van der Waals surface area contributed by atoms with E-state index >= 15 is 4.39 Å². The lowest BCUT2D eigenvalue weighted by Crippen LogP contribution is -2.55. The van der Waals surface area contributed by atoms with Crippen LogP contribution in [0, 0.1) is 23.6 Å². The fourth-order valence-corrected chi connectivity index (χ4v) is 10.9. The number of piperidine rings is 1. The molecule has 0 bridgehead atoms. The molecule has 296 valence electrons. The van der Waals surface area contributed by atoms with Gasteiger partial charge in [0.05, 0.1) is 9.79 Å². The number of carbonyl (C=O) groups is 2. The molecular formula is C43H51FN6O5S. The maximum Gasteiger partial charge on any atom is 0.404 e. The lowest BCUT2D eigenvalue weighted by molar-refractivity contribution is -0.111. The summed E-state index contributed by atoms with van der Waals surface area (Å²) in [6.45, 7) is 10.7. The van der Waals surface area contributed by atoms with E-state index in [9.17, 15) is 18.0 Å². The highest BCUT2D eigenvalue weighted by atomic mass is 32.2. The molecule has 11 nitrogen and oxygen atoms in total. The van der Waals surface area contributed by atoms with Gasteiger partial charge in [0, 0.05) is 73.6 Å². The van der Waals surface area contributed by atoms with Gasteiger partial charge in [0.25, 0.3) is 0 Å². The SMILES string of the molecule is C=CC(=O)Nc1cccc(S(=O)(=O)c2ccc(N3CC(CN4CCC([C@@](Cn5ccnc5CC)(c5cccc(F)c5)[C@H]5CCC[C@@H]5OC(N)=O)CC4)C3)cc2)c1. The number of nitrogens with zero attached hydrogens (tertiary/aromatic N) is 4. The van der Waals surface area contributed by atoms with Gasteiger partial charge in [-0.3, -0.25) is 4.79 Å². The molecule has 1 aromatic heterocycles. The molecule has 3 atom stereocenters. The highest BCUT2D eigenvalue weighted by Crippen LogP contribution is 2.52. The molecule has 3 aliphatic rings. The Morgan fingerprint density at radius 2 is 1.77 bits per heavy atom. The van der Waals surface area contributed by atoms with Crippen molar-refractivity contribution in [2.45, 2.75) is 73.3 Å². The predicted molar refractivity (Wildman–Crippen MR) is 214 cm³/mol. The molecule has 56 heavy (non-hydrogen) atoms. The summed E-state index contributed by atoms with van der Waals surface area (Å²) in [6.07, 6.45) is 8.97. The van der Waals surface area contributed by atoms with Crippen LogP contribution in [0.2, 0.25) is 0 Å². The third-order valence-corrected chi connectivity index (χ3v) is 14.0. The van der Waals surface area contributed by atoms with Gasteiger partial charge in [0.2, 0.25) is 15.7 Å². The quantitative estimate of drug-likeness (QED) is 0.137. The van der Waals surface area contributed by atoms with Crippen molar-refractivity contribution in [2.75, 3.05) is 42.9 Å². The largest absolute Gasteiger partial charge is 0.446 e. The smallest absolute Gasteiger partial charge is 0.404 e. The summed E-state index contributed by atoms with van der Waals surface area (Å²) in [7, 11) is -3.79. The van der Waals surface area contributed by atoms with Crippen molar-refractivity contribution in [3.05, 3.63) is 115 Å². The number of imidazole rings is 1. The zero-order chi connectivity index (χ0) is 39.5. The zero-order valence-electron chi connectivity index (χ0n) is 31.9. The maximum absolute atomic E-state index is 15.1. The summed E-state index contributed by atoms with van der Waals surface area (Å²) in [6, 6.07) is 20.2. The number of aromatic nitrogens is 2. The summed E-state index contributed by atoms with van der Waals surface area (Å²) >= 11 is 0. The van der Waals surface area contributed by atoms with Crippen LogP contribution in [-0.2, 0) is 37.7 Å². The van der Waals surface area contributed by atoms with Gasteiger partial charge in [-0.25, -0.2) is 22.6 Å². The predicted octanol–water partition coefficient (Wildman–Crippen LogP) is 6.59. The maximum atomic E-state index is 15.1. The van der Waals surface area contributed by atoms with E-state index in [1.807, 2.05) is 30.6 Å². The van der Waals surface area contributed by atoms with E-state index in [0.29, 0.717) is 18.2 Å². The number of hydrogen-bond acceptors (Lipinski definition) is 8. The number of ether oxygens (including phenoxy) is 1. The molecule has 1 saturated carbocycles. The Balaban J connectivity index is 1.02. The first-order valence-corrected chi connectivity index (χ1v) is 21.1. The third kappa shape index (κ3) is 8.10. The number of anilines is 2. The summed E-state index contributed by atoms with van der Waals surface area (Å²) in [5.74, 6) is 0.927. The molecule has 2 aliphatic heterocycles. The van der Waals surface area contributed by atoms with Crippen LogP contribution in [-0.4, -0.2) is 73.7 Å². The van der Waals surface area contributed by atoms with Gasteiger partial charge in [-0.15, -0.1) is 0 Å². The summed E-state index contributed by atoms with van der Waals surface area (Å²) in [4.78, 5) is 33.6. The first-order chi connectivity index (χ1) is 27.0. The van der Waals surface area contributed by atoms with Crippen molar-refractivity contribution < 1.29 is 27.1 Å². The van der Waals surface area contributed by atoms with Crippen LogP contribution in [0.25, 0.3) is 0 Å². The normalized spacial score (nSPS) is 20.6. The number of aryl methyl sites for hydroxylation is 1. The van der Waals surface area contributed by atoms with Crippen molar-refractivity contribution in [3.8, 4) is 0 Å². The van der Waals surface area contributed by atoms with E-state index in [2.05, 4.69) is 38.2 Å². The van der Waals surface area contributed by atoms with Crippen LogP contribution >= 0.6 is 0 Å². The Labute approximate surface area is 328 Å². The third-order valence-electron chi connectivity index (χ3n) is 12.2. The van der Waals surface area contributed by atoms with E-state index in [1.165, 1.54) is 18.2 Å². The monoisotopic (exact) mass is 782 g/mol. The molecule has 2 saturated heterocycles. The zero-order valence-corrected chi connectivity index (χ0v) is 32.7. The second kappa shape index (κ2) is 16.6. The van der Waals surface area contributed by atoms with E-state index in [1.54, 1.807) is 36.4 Å². The first kappa shape index (κ1) is 39.2. The van der Waals surface area contributed by atoms with Gasteiger partial charge in [0.15, 0.2) is 0 Å². The molecule has 1 aliphatic carbocycles. The van der Waals surface area contributed by atoms with Crippen molar-refractivity contribution in [1.82, 2.24) is 14.5 Å².